The fraction of sp³-hybridized carbons (Fsp3) is 1.00. The highest BCUT2D eigenvalue weighted by Gasteiger charge is 2.63. The van der Waals surface area contributed by atoms with Crippen molar-refractivity contribution < 1.29 is 40.6 Å². The zero-order valence-electron chi connectivity index (χ0n) is 7.48. The van der Waals surface area contributed by atoms with Crippen LogP contribution in [0.1, 0.15) is 0 Å². The van der Waals surface area contributed by atoms with Gasteiger partial charge in [0.05, 0.1) is 6.61 Å². The second-order valence-electron chi connectivity index (χ2n) is 3.26. The molecule has 0 bridgehead atoms. The molecule has 0 aliphatic carbocycles. The Morgan fingerprint density at radius 3 is 2.13 bits per heavy atom. The minimum atomic E-state index is -3.37. The lowest BCUT2D eigenvalue weighted by Crippen LogP contribution is -2.78. The number of hydrogen-bond donors (Lipinski definition) is 8. The van der Waals surface area contributed by atoms with Crippen LogP contribution in [0.15, 0.2) is 0 Å². The number of rotatable bonds is 2. The molecule has 15 heavy (non-hydrogen) atoms. The molecule has 0 aromatic carbocycles. The maximum absolute atomic E-state index is 9.38. The molecule has 0 aromatic heterocycles. The summed E-state index contributed by atoms with van der Waals surface area (Å²) in [6, 6.07) is 0. The normalized spacial score (nSPS) is 45.4. The monoisotopic (exact) mass is 227 g/mol. The Morgan fingerprint density at radius 2 is 1.73 bits per heavy atom. The predicted octanol–water partition coefficient (Wildman–Crippen LogP) is -4.59. The molecule has 1 rings (SSSR count). The summed E-state index contributed by atoms with van der Waals surface area (Å²) < 4.78 is 4.29. The Morgan fingerprint density at radius 1 is 1.20 bits per heavy atom. The van der Waals surface area contributed by atoms with Crippen LogP contribution in [-0.2, 0) is 4.74 Å². The van der Waals surface area contributed by atoms with Gasteiger partial charge in [0.25, 0.3) is 0 Å². The van der Waals surface area contributed by atoms with E-state index in [-0.39, 0.29) is 0 Å². The number of ether oxygens (including phenoxy) is 1. The van der Waals surface area contributed by atoms with Gasteiger partial charge in [-0.25, -0.2) is 0 Å². The van der Waals surface area contributed by atoms with Crippen LogP contribution in [0, 0.1) is 0 Å². The molecule has 1 aliphatic rings. The van der Waals surface area contributed by atoms with Crippen LogP contribution in [0.3, 0.4) is 0 Å². The number of aliphatic hydroxyl groups is 6. The summed E-state index contributed by atoms with van der Waals surface area (Å²) in [5.41, 5.74) is -2.05. The average Bonchev–Trinajstić information content (AvgIpc) is 2.20. The molecule has 0 amide bonds. The molecular formula is C6H13NO8. The molecule has 90 valence electrons. The van der Waals surface area contributed by atoms with Crippen molar-refractivity contribution in [2.45, 2.75) is 30.0 Å². The van der Waals surface area contributed by atoms with E-state index in [9.17, 15) is 15.3 Å². The first kappa shape index (κ1) is 12.7. The van der Waals surface area contributed by atoms with E-state index < -0.39 is 36.6 Å². The van der Waals surface area contributed by atoms with Gasteiger partial charge in [-0.05, 0) is 0 Å². The molecule has 9 heteroatoms. The average molecular weight is 227 g/mol. The second-order valence-corrected chi connectivity index (χ2v) is 3.26. The quantitative estimate of drug-likeness (QED) is 0.171. The maximum atomic E-state index is 9.38. The molecular weight excluding hydrogens is 214 g/mol. The predicted molar refractivity (Wildman–Crippen MR) is 41.0 cm³/mol. The summed E-state index contributed by atoms with van der Waals surface area (Å²) in [6.07, 6.45) is -5.50. The number of nitrogens with one attached hydrogen (secondary N) is 1. The molecule has 1 fully saturated rings. The van der Waals surface area contributed by atoms with Crippen LogP contribution >= 0.6 is 0 Å². The fourth-order valence-corrected chi connectivity index (χ4v) is 1.30. The third-order valence-electron chi connectivity index (χ3n) is 2.30. The number of hydrogen-bond acceptors (Lipinski definition) is 9. The standard InChI is InChI=1S/C6H13NO8/c8-1-2-3(9)4(10)5(11,7-14)6(12,13)15-2/h2-4,7-14H,1H2/t2-,3-,4+,5+/m1/s1. The molecule has 0 radical (unpaired) electrons. The van der Waals surface area contributed by atoms with Gasteiger partial charge >= 0.3 is 5.97 Å². The van der Waals surface area contributed by atoms with Crippen molar-refractivity contribution in [3.63, 3.8) is 0 Å². The van der Waals surface area contributed by atoms with Crippen LogP contribution < -0.4 is 5.48 Å². The third-order valence-corrected chi connectivity index (χ3v) is 2.30. The molecule has 4 atom stereocenters. The Bertz CT molecular complexity index is 235. The van der Waals surface area contributed by atoms with Crippen LogP contribution in [0.5, 0.6) is 0 Å². The molecule has 0 aromatic rings. The molecule has 0 saturated carbocycles. The van der Waals surface area contributed by atoms with E-state index in [0.717, 1.165) is 5.48 Å². The number of hydroxylamine groups is 1. The molecule has 8 N–H and O–H groups in total. The van der Waals surface area contributed by atoms with E-state index in [1.807, 2.05) is 0 Å². The first-order valence-electron chi connectivity index (χ1n) is 4.03. The van der Waals surface area contributed by atoms with Gasteiger partial charge in [0.1, 0.15) is 18.3 Å². The highest BCUT2D eigenvalue weighted by atomic mass is 16.8. The van der Waals surface area contributed by atoms with E-state index in [4.69, 9.17) is 20.5 Å². The van der Waals surface area contributed by atoms with Gasteiger partial charge in [0.2, 0.25) is 5.72 Å². The zero-order chi connectivity index (χ0) is 11.9. The van der Waals surface area contributed by atoms with E-state index in [0.29, 0.717) is 0 Å². The first-order chi connectivity index (χ1) is 6.80. The van der Waals surface area contributed by atoms with Crippen molar-refractivity contribution in [3.8, 4) is 0 Å². The lowest BCUT2D eigenvalue weighted by Gasteiger charge is -2.48. The molecule has 0 unspecified atom stereocenters. The lowest BCUT2D eigenvalue weighted by molar-refractivity contribution is -0.485. The number of aliphatic hydroxyl groups excluding tert-OH is 3. The summed E-state index contributed by atoms with van der Waals surface area (Å²) in [6.45, 7) is -0.817. The van der Waals surface area contributed by atoms with Gasteiger partial charge in [0.15, 0.2) is 0 Å². The summed E-state index contributed by atoms with van der Waals surface area (Å²) >= 11 is 0. The molecule has 0 spiro atoms. The molecule has 1 saturated heterocycles. The van der Waals surface area contributed by atoms with Gasteiger partial charge in [-0.3, -0.25) is 0 Å². The summed E-state index contributed by atoms with van der Waals surface area (Å²) in [4.78, 5) is 0. The van der Waals surface area contributed by atoms with Crippen molar-refractivity contribution in [1.82, 2.24) is 5.48 Å². The minimum absolute atomic E-state index is 0.817. The SMILES string of the molecule is OC[C@H]1OC(O)(O)[C@](O)(NO)[C@@H](O)[C@@H]1O. The van der Waals surface area contributed by atoms with Gasteiger partial charge in [-0.15, -0.1) is 0 Å². The Kier molecular flexibility index (Phi) is 3.30. The van der Waals surface area contributed by atoms with Crippen molar-refractivity contribution in [3.05, 3.63) is 0 Å². The van der Waals surface area contributed by atoms with Crippen molar-refractivity contribution >= 4 is 0 Å². The molecule has 1 aliphatic heterocycles. The summed E-state index contributed by atoms with van der Waals surface area (Å²) in [7, 11) is 0. The van der Waals surface area contributed by atoms with Crippen molar-refractivity contribution in [2.75, 3.05) is 6.61 Å². The second kappa shape index (κ2) is 3.90. The topological polar surface area (TPSA) is 163 Å². The van der Waals surface area contributed by atoms with Gasteiger partial charge in [-0.1, -0.05) is 0 Å². The Hall–Kier alpha value is -0.360. The zero-order valence-corrected chi connectivity index (χ0v) is 7.48. The van der Waals surface area contributed by atoms with Crippen LogP contribution in [0.4, 0.5) is 0 Å². The minimum Gasteiger partial charge on any atom is -0.394 e. The first-order valence-corrected chi connectivity index (χ1v) is 4.03. The van der Waals surface area contributed by atoms with Crippen molar-refractivity contribution in [1.29, 1.82) is 0 Å². The highest BCUT2D eigenvalue weighted by Crippen LogP contribution is 2.32. The van der Waals surface area contributed by atoms with Crippen molar-refractivity contribution in [2.24, 2.45) is 0 Å². The Balaban J connectivity index is 3.01. The van der Waals surface area contributed by atoms with Gasteiger partial charge < -0.3 is 40.6 Å². The maximum Gasteiger partial charge on any atom is 0.328 e. The van der Waals surface area contributed by atoms with Crippen LogP contribution in [-0.4, -0.2) is 72.5 Å². The largest absolute Gasteiger partial charge is 0.394 e. The highest BCUT2D eigenvalue weighted by molar-refractivity contribution is 4.99. The third kappa shape index (κ3) is 1.73. The van der Waals surface area contributed by atoms with E-state index in [1.165, 1.54) is 0 Å². The fourth-order valence-electron chi connectivity index (χ4n) is 1.30. The Labute approximate surface area is 83.7 Å². The van der Waals surface area contributed by atoms with Crippen LogP contribution in [0.2, 0.25) is 0 Å². The summed E-state index contributed by atoms with van der Waals surface area (Å²) in [5.74, 6) is -3.37. The summed E-state index contributed by atoms with van der Waals surface area (Å²) in [5, 5.41) is 63.4. The van der Waals surface area contributed by atoms with Crippen LogP contribution in [0.25, 0.3) is 0 Å². The van der Waals surface area contributed by atoms with Gasteiger partial charge in [-0.2, -0.15) is 5.48 Å². The smallest absolute Gasteiger partial charge is 0.328 e. The van der Waals surface area contributed by atoms with Gasteiger partial charge in [0, 0.05) is 0 Å². The molecule has 9 nitrogen and oxygen atoms in total. The van der Waals surface area contributed by atoms with E-state index in [2.05, 4.69) is 4.74 Å². The van der Waals surface area contributed by atoms with E-state index >= 15 is 0 Å². The lowest BCUT2D eigenvalue weighted by atomic mass is 9.92. The van der Waals surface area contributed by atoms with E-state index in [1.54, 1.807) is 0 Å². The molecule has 1 heterocycles.